The van der Waals surface area contributed by atoms with E-state index in [0.29, 0.717) is 5.92 Å². The van der Waals surface area contributed by atoms with Gasteiger partial charge in [0.25, 0.3) is 0 Å². The molecule has 0 aliphatic heterocycles. The lowest BCUT2D eigenvalue weighted by atomic mass is 9.85. The third-order valence-corrected chi connectivity index (χ3v) is 5.76. The molecule has 17 heavy (non-hydrogen) atoms. The highest BCUT2D eigenvalue weighted by atomic mass is 35.5. The van der Waals surface area contributed by atoms with Crippen molar-refractivity contribution in [3.8, 4) is 0 Å². The molecule has 2 nitrogen and oxygen atoms in total. The molecule has 3 aliphatic carbocycles. The second kappa shape index (κ2) is 3.74. The zero-order chi connectivity index (χ0) is 12.1. The van der Waals surface area contributed by atoms with E-state index in [4.69, 9.17) is 16.3 Å². The molecule has 0 aromatic carbocycles. The van der Waals surface area contributed by atoms with E-state index in [-0.39, 0.29) is 22.4 Å². The quantitative estimate of drug-likeness (QED) is 0.407. The van der Waals surface area contributed by atoms with Crippen LogP contribution in [0.4, 0.5) is 0 Å². The number of carbonyl (C=O) groups is 1. The van der Waals surface area contributed by atoms with E-state index < -0.39 is 0 Å². The number of fused-ring (bicyclic) bond motifs is 1. The van der Waals surface area contributed by atoms with Crippen molar-refractivity contribution in [2.24, 2.45) is 11.3 Å². The van der Waals surface area contributed by atoms with Gasteiger partial charge < -0.3 is 4.74 Å². The van der Waals surface area contributed by atoms with Crippen LogP contribution in [0.15, 0.2) is 12.2 Å². The Morgan fingerprint density at radius 1 is 1.29 bits per heavy atom. The zero-order valence-electron chi connectivity index (χ0n) is 10.2. The molecule has 2 fully saturated rings. The van der Waals surface area contributed by atoms with Crippen LogP contribution in [0.1, 0.15) is 45.4 Å². The molecule has 0 aromatic heterocycles. The molecule has 94 valence electrons. The SMILES string of the molecule is CC(=O)O[C@H]1CCCC[C@H]2[C@@]13CC=CC[C@]23Cl. The number of alkyl halides is 1. The third kappa shape index (κ3) is 1.43. The number of hydrogen-bond acceptors (Lipinski definition) is 2. The van der Waals surface area contributed by atoms with E-state index in [1.165, 1.54) is 19.8 Å². The van der Waals surface area contributed by atoms with Crippen molar-refractivity contribution < 1.29 is 9.53 Å². The molecule has 3 rings (SSSR count). The van der Waals surface area contributed by atoms with Crippen LogP contribution in [0.3, 0.4) is 0 Å². The van der Waals surface area contributed by atoms with E-state index in [9.17, 15) is 4.79 Å². The Morgan fingerprint density at radius 2 is 2.00 bits per heavy atom. The highest BCUT2D eigenvalue weighted by Gasteiger charge is 2.78. The van der Waals surface area contributed by atoms with E-state index in [1.54, 1.807) is 0 Å². The maximum absolute atomic E-state index is 11.3. The molecule has 0 heterocycles. The molecule has 4 atom stereocenters. The van der Waals surface area contributed by atoms with Crippen LogP contribution in [-0.2, 0) is 9.53 Å². The maximum Gasteiger partial charge on any atom is 0.302 e. The van der Waals surface area contributed by atoms with Crippen molar-refractivity contribution in [1.82, 2.24) is 0 Å². The molecule has 0 unspecified atom stereocenters. The fraction of sp³-hybridized carbons (Fsp3) is 0.786. The van der Waals surface area contributed by atoms with Crippen LogP contribution < -0.4 is 0 Å². The Kier molecular flexibility index (Phi) is 2.55. The Labute approximate surface area is 107 Å². The largest absolute Gasteiger partial charge is 0.462 e. The number of rotatable bonds is 1. The molecule has 0 N–H and O–H groups in total. The van der Waals surface area contributed by atoms with Gasteiger partial charge in [0.05, 0.1) is 4.87 Å². The van der Waals surface area contributed by atoms with Gasteiger partial charge in [0.1, 0.15) is 6.10 Å². The molecule has 0 bridgehead atoms. The predicted octanol–water partition coefficient (Wildman–Crippen LogP) is 3.44. The summed E-state index contributed by atoms with van der Waals surface area (Å²) >= 11 is 6.82. The molecule has 3 heteroatoms. The van der Waals surface area contributed by atoms with Gasteiger partial charge >= 0.3 is 5.97 Å². The fourth-order valence-corrected chi connectivity index (χ4v) is 4.93. The summed E-state index contributed by atoms with van der Waals surface area (Å²) in [4.78, 5) is 11.2. The zero-order valence-corrected chi connectivity index (χ0v) is 11.0. The summed E-state index contributed by atoms with van der Waals surface area (Å²) < 4.78 is 5.59. The van der Waals surface area contributed by atoms with E-state index in [0.717, 1.165) is 25.7 Å². The van der Waals surface area contributed by atoms with E-state index >= 15 is 0 Å². The molecule has 0 radical (unpaired) electrons. The average molecular weight is 255 g/mol. The molecular formula is C14H19ClO2. The highest BCUT2D eigenvalue weighted by molar-refractivity contribution is 6.27. The normalized spacial score (nSPS) is 47.6. The molecule has 3 aliphatic rings. The summed E-state index contributed by atoms with van der Waals surface area (Å²) in [6.07, 6.45) is 10.9. The summed E-state index contributed by atoms with van der Waals surface area (Å²) in [6.45, 7) is 1.51. The standard InChI is InChI=1S/C14H19ClO2/c1-10(16)17-12-7-3-2-6-11-13(12)8-4-5-9-14(11,13)15/h4-5,11-12H,2-3,6-9H2,1H3/t11-,12-,13-,14-/m0/s1. The number of halogens is 1. The van der Waals surface area contributed by atoms with E-state index in [2.05, 4.69) is 12.2 Å². The fourth-order valence-electron chi connectivity index (χ4n) is 4.26. The van der Waals surface area contributed by atoms with Crippen LogP contribution in [0, 0.1) is 11.3 Å². The Bertz CT molecular complexity index is 378. The lowest BCUT2D eigenvalue weighted by Gasteiger charge is -2.30. The molecule has 0 amide bonds. The highest BCUT2D eigenvalue weighted by Crippen LogP contribution is 2.76. The molecule has 1 spiro atoms. The van der Waals surface area contributed by atoms with Crippen molar-refractivity contribution in [2.75, 3.05) is 0 Å². The first-order chi connectivity index (χ1) is 8.11. The van der Waals surface area contributed by atoms with Gasteiger partial charge in [-0.25, -0.2) is 0 Å². The number of carbonyl (C=O) groups excluding carboxylic acids is 1. The summed E-state index contributed by atoms with van der Waals surface area (Å²) in [5.41, 5.74) is 0.0471. The first-order valence-corrected chi connectivity index (χ1v) is 7.00. The van der Waals surface area contributed by atoms with Crippen LogP contribution in [0.5, 0.6) is 0 Å². The number of allylic oxidation sites excluding steroid dienone is 2. The van der Waals surface area contributed by atoms with Gasteiger partial charge in [-0.1, -0.05) is 18.6 Å². The molecule has 0 aromatic rings. The first kappa shape index (κ1) is 11.6. The van der Waals surface area contributed by atoms with Crippen molar-refractivity contribution in [3.05, 3.63) is 12.2 Å². The van der Waals surface area contributed by atoms with Gasteiger partial charge in [-0.15, -0.1) is 11.6 Å². The van der Waals surface area contributed by atoms with Crippen molar-refractivity contribution in [2.45, 2.75) is 56.4 Å². The van der Waals surface area contributed by atoms with Crippen molar-refractivity contribution in [3.63, 3.8) is 0 Å². The average Bonchev–Trinajstić information content (AvgIpc) is 2.87. The summed E-state index contributed by atoms with van der Waals surface area (Å²) in [6, 6.07) is 0. The topological polar surface area (TPSA) is 26.3 Å². The van der Waals surface area contributed by atoms with Crippen molar-refractivity contribution in [1.29, 1.82) is 0 Å². The summed E-state index contributed by atoms with van der Waals surface area (Å²) in [5.74, 6) is 0.379. The third-order valence-electron chi connectivity index (χ3n) is 4.99. The lowest BCUT2D eigenvalue weighted by molar-refractivity contribution is -0.151. The first-order valence-electron chi connectivity index (χ1n) is 6.62. The predicted molar refractivity (Wildman–Crippen MR) is 66.9 cm³/mol. The summed E-state index contributed by atoms with van der Waals surface area (Å²) in [7, 11) is 0. The van der Waals surface area contributed by atoms with Gasteiger partial charge in [-0.3, -0.25) is 4.79 Å². The summed E-state index contributed by atoms with van der Waals surface area (Å²) in [5, 5.41) is 0. The van der Waals surface area contributed by atoms with E-state index in [1.807, 2.05) is 0 Å². The minimum atomic E-state index is -0.162. The molecule has 0 saturated heterocycles. The van der Waals surface area contributed by atoms with Gasteiger partial charge in [0.15, 0.2) is 0 Å². The Balaban J connectivity index is 1.92. The van der Waals surface area contributed by atoms with Crippen LogP contribution in [-0.4, -0.2) is 16.9 Å². The number of hydrogen-bond donors (Lipinski definition) is 0. The number of esters is 1. The number of ether oxygens (including phenoxy) is 1. The molecular weight excluding hydrogens is 236 g/mol. The van der Waals surface area contributed by atoms with Crippen LogP contribution in [0.25, 0.3) is 0 Å². The lowest BCUT2D eigenvalue weighted by Crippen LogP contribution is -2.34. The van der Waals surface area contributed by atoms with Crippen molar-refractivity contribution >= 4 is 17.6 Å². The molecule has 2 saturated carbocycles. The van der Waals surface area contributed by atoms with Gasteiger partial charge in [0, 0.05) is 12.3 Å². The smallest absolute Gasteiger partial charge is 0.302 e. The van der Waals surface area contributed by atoms with Crippen LogP contribution >= 0.6 is 11.6 Å². The Morgan fingerprint density at radius 3 is 2.76 bits per heavy atom. The maximum atomic E-state index is 11.3. The minimum Gasteiger partial charge on any atom is -0.462 e. The van der Waals surface area contributed by atoms with Gasteiger partial charge in [-0.05, 0) is 38.0 Å². The Hall–Kier alpha value is -0.500. The monoisotopic (exact) mass is 254 g/mol. The minimum absolute atomic E-state index is 0.0370. The second-order valence-corrected chi connectivity index (χ2v) is 6.39. The van der Waals surface area contributed by atoms with Crippen LogP contribution in [0.2, 0.25) is 0 Å². The second-order valence-electron chi connectivity index (χ2n) is 5.72. The van der Waals surface area contributed by atoms with Gasteiger partial charge in [0.2, 0.25) is 0 Å². The van der Waals surface area contributed by atoms with Gasteiger partial charge in [-0.2, -0.15) is 0 Å².